The molecule has 0 aliphatic rings. The summed E-state index contributed by atoms with van der Waals surface area (Å²) in [7, 11) is 4.49. The van der Waals surface area contributed by atoms with E-state index in [9.17, 15) is 9.59 Å². The lowest BCUT2D eigenvalue weighted by Gasteiger charge is -2.16. The van der Waals surface area contributed by atoms with E-state index in [0.29, 0.717) is 22.9 Å². The molecule has 0 saturated carbocycles. The van der Waals surface area contributed by atoms with Crippen molar-refractivity contribution >= 4 is 23.4 Å². The van der Waals surface area contributed by atoms with Gasteiger partial charge in [0.1, 0.15) is 0 Å². The van der Waals surface area contributed by atoms with Gasteiger partial charge in [-0.1, -0.05) is 12.1 Å². The summed E-state index contributed by atoms with van der Waals surface area (Å²) in [5, 5.41) is 2.78. The van der Waals surface area contributed by atoms with Crippen LogP contribution in [0.15, 0.2) is 48.5 Å². The molecule has 0 aliphatic heterocycles. The molecule has 0 fully saturated rings. The maximum atomic E-state index is 12.0. The molecule has 0 spiro atoms. The van der Waals surface area contributed by atoms with Gasteiger partial charge in [0.05, 0.1) is 27.2 Å². The summed E-state index contributed by atoms with van der Waals surface area (Å²) in [6.45, 7) is 0.232. The van der Waals surface area contributed by atoms with E-state index in [4.69, 9.17) is 9.47 Å². The predicted octanol–water partition coefficient (Wildman–Crippen LogP) is 3.31. The molecule has 0 atom stereocenters. The molecule has 0 aromatic heterocycles. The second-order valence-corrected chi connectivity index (χ2v) is 5.37. The lowest BCUT2D eigenvalue weighted by atomic mass is 10.2. The Balaban J connectivity index is 1.83. The number of benzene rings is 2. The van der Waals surface area contributed by atoms with E-state index in [1.54, 1.807) is 50.6 Å². The molecular weight excluding hydrogens is 336 g/mol. The predicted molar refractivity (Wildman–Crippen MR) is 99.0 cm³/mol. The number of carbonyl (C=O) groups is 2. The molecule has 0 heterocycles. The van der Waals surface area contributed by atoms with Crippen LogP contribution in [0.5, 0.6) is 11.5 Å². The van der Waals surface area contributed by atoms with Crippen molar-refractivity contribution in [2.45, 2.75) is 6.42 Å². The Labute approximate surface area is 152 Å². The highest BCUT2D eigenvalue weighted by Gasteiger charge is 2.11. The van der Waals surface area contributed by atoms with Gasteiger partial charge < -0.3 is 19.5 Å². The van der Waals surface area contributed by atoms with Crippen molar-refractivity contribution in [2.24, 2.45) is 0 Å². The molecule has 2 amide bonds. The van der Waals surface area contributed by atoms with Crippen LogP contribution in [-0.4, -0.2) is 39.9 Å². The fourth-order valence-corrected chi connectivity index (χ4v) is 2.23. The van der Waals surface area contributed by atoms with E-state index in [0.717, 1.165) is 0 Å². The van der Waals surface area contributed by atoms with Crippen LogP contribution in [0.2, 0.25) is 0 Å². The van der Waals surface area contributed by atoms with Crippen LogP contribution < -0.4 is 19.7 Å². The monoisotopic (exact) mass is 358 g/mol. The molecule has 1 N–H and O–H groups in total. The molecule has 7 heteroatoms. The molecule has 0 saturated heterocycles. The van der Waals surface area contributed by atoms with Crippen LogP contribution in [0.3, 0.4) is 0 Å². The highest BCUT2D eigenvalue weighted by atomic mass is 16.5. The van der Waals surface area contributed by atoms with E-state index in [1.165, 1.54) is 12.0 Å². The van der Waals surface area contributed by atoms with E-state index in [1.807, 2.05) is 12.1 Å². The third kappa shape index (κ3) is 5.14. The smallest absolute Gasteiger partial charge is 0.413 e. The number of nitrogens with one attached hydrogen (secondary N) is 1. The number of anilines is 2. The maximum absolute atomic E-state index is 12.0. The summed E-state index contributed by atoms with van der Waals surface area (Å²) in [4.78, 5) is 24.9. The summed E-state index contributed by atoms with van der Waals surface area (Å²) >= 11 is 0. The zero-order valence-corrected chi connectivity index (χ0v) is 15.0. The van der Waals surface area contributed by atoms with Crippen LogP contribution in [0.25, 0.3) is 0 Å². The van der Waals surface area contributed by atoms with E-state index < -0.39 is 6.09 Å². The van der Waals surface area contributed by atoms with Gasteiger partial charge in [0.15, 0.2) is 11.5 Å². The van der Waals surface area contributed by atoms with Crippen LogP contribution in [0, 0.1) is 0 Å². The van der Waals surface area contributed by atoms with Crippen molar-refractivity contribution in [2.75, 3.05) is 38.1 Å². The number of hydrogen-bond donors (Lipinski definition) is 1. The highest BCUT2D eigenvalue weighted by Crippen LogP contribution is 2.25. The highest BCUT2D eigenvalue weighted by molar-refractivity contribution is 5.91. The number of para-hydroxylation sites is 2. The Morgan fingerprint density at radius 2 is 1.65 bits per heavy atom. The SMILES string of the molecule is COC(=O)N(C)c1ccc(NC(=O)CCOc2ccccc2OC)cc1. The number of rotatable bonds is 7. The van der Waals surface area contributed by atoms with Crippen LogP contribution in [0.1, 0.15) is 6.42 Å². The average Bonchev–Trinajstić information content (AvgIpc) is 2.67. The molecule has 0 aliphatic carbocycles. The molecule has 2 aromatic rings. The van der Waals surface area contributed by atoms with Gasteiger partial charge in [0.25, 0.3) is 0 Å². The lowest BCUT2D eigenvalue weighted by molar-refractivity contribution is -0.116. The first-order chi connectivity index (χ1) is 12.5. The van der Waals surface area contributed by atoms with Crippen molar-refractivity contribution in [3.05, 3.63) is 48.5 Å². The summed E-state index contributed by atoms with van der Waals surface area (Å²) in [5.74, 6) is 1.05. The van der Waals surface area contributed by atoms with Crippen molar-refractivity contribution in [3.63, 3.8) is 0 Å². The Kier molecular flexibility index (Phi) is 6.84. The molecule has 0 radical (unpaired) electrons. The second-order valence-electron chi connectivity index (χ2n) is 5.37. The molecule has 0 unspecified atom stereocenters. The van der Waals surface area contributed by atoms with Gasteiger partial charge in [-0.15, -0.1) is 0 Å². The summed E-state index contributed by atoms with van der Waals surface area (Å²) in [5.41, 5.74) is 1.30. The third-order valence-corrected chi connectivity index (χ3v) is 3.64. The minimum absolute atomic E-state index is 0.172. The zero-order chi connectivity index (χ0) is 18.9. The van der Waals surface area contributed by atoms with Crippen molar-refractivity contribution in [1.29, 1.82) is 0 Å². The number of amides is 2. The zero-order valence-electron chi connectivity index (χ0n) is 15.0. The first kappa shape index (κ1) is 19.1. The third-order valence-electron chi connectivity index (χ3n) is 3.64. The minimum atomic E-state index is -0.463. The van der Waals surface area contributed by atoms with E-state index in [-0.39, 0.29) is 18.9 Å². The van der Waals surface area contributed by atoms with E-state index in [2.05, 4.69) is 10.1 Å². The summed E-state index contributed by atoms with van der Waals surface area (Å²) < 4.78 is 15.4. The van der Waals surface area contributed by atoms with Crippen molar-refractivity contribution in [1.82, 2.24) is 0 Å². The average molecular weight is 358 g/mol. The molecule has 0 bridgehead atoms. The van der Waals surface area contributed by atoms with Gasteiger partial charge in [0, 0.05) is 18.4 Å². The quantitative estimate of drug-likeness (QED) is 0.822. The van der Waals surface area contributed by atoms with Gasteiger partial charge in [-0.05, 0) is 36.4 Å². The second kappa shape index (κ2) is 9.31. The molecule has 2 aromatic carbocycles. The van der Waals surface area contributed by atoms with Gasteiger partial charge in [0.2, 0.25) is 5.91 Å². The normalized spacial score (nSPS) is 9.96. The fraction of sp³-hybridized carbons (Fsp3) is 0.263. The Morgan fingerprint density at radius 1 is 1.00 bits per heavy atom. The number of carbonyl (C=O) groups excluding carboxylic acids is 2. The number of ether oxygens (including phenoxy) is 3. The van der Waals surface area contributed by atoms with Gasteiger partial charge in [-0.3, -0.25) is 9.69 Å². The van der Waals surface area contributed by atoms with E-state index >= 15 is 0 Å². The first-order valence-corrected chi connectivity index (χ1v) is 8.02. The lowest BCUT2D eigenvalue weighted by Crippen LogP contribution is -2.25. The number of methoxy groups -OCH3 is 2. The minimum Gasteiger partial charge on any atom is -0.493 e. The molecule has 7 nitrogen and oxygen atoms in total. The molecule has 138 valence electrons. The number of nitrogens with zero attached hydrogens (tertiary/aromatic N) is 1. The molecular formula is C19H22N2O5. The van der Waals surface area contributed by atoms with Gasteiger partial charge in [-0.2, -0.15) is 0 Å². The van der Waals surface area contributed by atoms with Crippen LogP contribution in [0.4, 0.5) is 16.2 Å². The topological polar surface area (TPSA) is 77.1 Å². The molecule has 26 heavy (non-hydrogen) atoms. The molecule has 2 rings (SSSR count). The summed E-state index contributed by atoms with van der Waals surface area (Å²) in [6, 6.07) is 14.1. The number of hydrogen-bond acceptors (Lipinski definition) is 5. The standard InChI is InChI=1S/C19H22N2O5/c1-21(19(23)25-3)15-10-8-14(9-11-15)20-18(22)12-13-26-17-7-5-4-6-16(17)24-2/h4-11H,12-13H2,1-3H3,(H,20,22). The van der Waals surface area contributed by atoms with Crippen LogP contribution >= 0.6 is 0 Å². The van der Waals surface area contributed by atoms with Gasteiger partial charge in [-0.25, -0.2) is 4.79 Å². The Hall–Kier alpha value is -3.22. The first-order valence-electron chi connectivity index (χ1n) is 8.02. The van der Waals surface area contributed by atoms with Crippen molar-refractivity contribution in [3.8, 4) is 11.5 Å². The van der Waals surface area contributed by atoms with Gasteiger partial charge >= 0.3 is 6.09 Å². The fourth-order valence-electron chi connectivity index (χ4n) is 2.23. The largest absolute Gasteiger partial charge is 0.493 e. The van der Waals surface area contributed by atoms with Crippen LogP contribution in [-0.2, 0) is 9.53 Å². The Morgan fingerprint density at radius 3 is 2.27 bits per heavy atom. The summed E-state index contributed by atoms with van der Waals surface area (Å²) in [6.07, 6.45) is -0.266. The maximum Gasteiger partial charge on any atom is 0.413 e. The Bertz CT molecular complexity index is 746. The van der Waals surface area contributed by atoms with Crippen molar-refractivity contribution < 1.29 is 23.8 Å².